The zero-order chi connectivity index (χ0) is 91.1. The first kappa shape index (κ1) is 117. The summed E-state index contributed by atoms with van der Waals surface area (Å²) in [6.07, 6.45) is 19.7. The van der Waals surface area contributed by atoms with Gasteiger partial charge >= 0.3 is 58.2 Å². The Balaban J connectivity index is -0.00000123. The molecule has 0 radical (unpaired) electrons. The van der Waals surface area contributed by atoms with Crippen LogP contribution in [0.15, 0.2) is 148 Å². The van der Waals surface area contributed by atoms with E-state index in [1.165, 1.54) is 76.2 Å². The van der Waals surface area contributed by atoms with Crippen LogP contribution < -0.4 is 64.3 Å². The molecule has 35 heteroatoms. The Bertz CT molecular complexity index is 4160. The summed E-state index contributed by atoms with van der Waals surface area (Å²) in [5.41, 5.74) is 17.3. The van der Waals surface area contributed by atoms with Gasteiger partial charge in [-0.05, 0) is 253 Å². The van der Waals surface area contributed by atoms with Crippen LogP contribution >= 0.6 is 57.1 Å². The van der Waals surface area contributed by atoms with E-state index < -0.39 is 0 Å². The van der Waals surface area contributed by atoms with Gasteiger partial charge in [-0.1, -0.05) is 44.4 Å². The molecular formula is C87H133N25O4RbS5-. The summed E-state index contributed by atoms with van der Waals surface area (Å²) in [4.78, 5) is 45.4. The van der Waals surface area contributed by atoms with Crippen LogP contribution in [0.3, 0.4) is 0 Å². The van der Waals surface area contributed by atoms with Crippen LogP contribution in [0.25, 0.3) is 0 Å². The molecule has 0 fully saturated rings. The molecule has 3 N–H and O–H groups in total. The predicted octanol–water partition coefficient (Wildman–Crippen LogP) is 19.6. The minimum atomic E-state index is 0. The maximum atomic E-state index is 5.09. The van der Waals surface area contributed by atoms with E-state index in [0.717, 1.165) is 121 Å². The number of allylic oxidation sites excluding steroid dienone is 7. The van der Waals surface area contributed by atoms with Crippen molar-refractivity contribution in [2.24, 2.45) is 49.3 Å². The first-order chi connectivity index (χ1) is 56.2. The Morgan fingerprint density at radius 1 is 0.492 bits per heavy atom. The van der Waals surface area contributed by atoms with Crippen LogP contribution in [0.5, 0.6) is 0 Å². The summed E-state index contributed by atoms with van der Waals surface area (Å²) in [7, 11) is 3.84. The number of imidazole rings is 1. The van der Waals surface area contributed by atoms with Crippen molar-refractivity contribution in [2.45, 2.75) is 255 Å². The Morgan fingerprint density at radius 2 is 1.09 bits per heavy atom. The van der Waals surface area contributed by atoms with E-state index in [2.05, 4.69) is 212 Å². The number of aromatic nitrogens is 17. The van der Waals surface area contributed by atoms with Gasteiger partial charge in [0.05, 0.1) is 52.8 Å². The van der Waals surface area contributed by atoms with Crippen molar-refractivity contribution in [3.63, 3.8) is 0 Å². The number of aliphatic imine (C=N–C) groups is 5. The molecule has 0 saturated heterocycles. The van der Waals surface area contributed by atoms with Crippen LogP contribution in [0, 0.1) is 159 Å². The van der Waals surface area contributed by atoms with Crippen molar-refractivity contribution in [3.8, 4) is 0 Å². The Labute approximate surface area is 795 Å². The van der Waals surface area contributed by atoms with Crippen LogP contribution in [0.1, 0.15) is 223 Å². The van der Waals surface area contributed by atoms with Gasteiger partial charge in [0.2, 0.25) is 17.7 Å². The molecule has 16 rings (SSSR count). The number of hydrogen-bond donors (Lipinski definition) is 1. The normalized spacial score (nSPS) is 12.1. The molecule has 0 spiro atoms. The topological polar surface area (TPSA) is 377 Å². The van der Waals surface area contributed by atoms with Gasteiger partial charge in [-0.25, -0.2) is 24.9 Å². The first-order valence-corrected chi connectivity index (χ1v) is 42.5. The van der Waals surface area contributed by atoms with Gasteiger partial charge < -0.3 is 45.9 Å². The van der Waals surface area contributed by atoms with Crippen LogP contribution in [-0.2, 0) is 14.1 Å². The zero-order valence-corrected chi connectivity index (χ0v) is 88.6. The smallest absolute Gasteiger partial charge is 0.598 e. The monoisotopic (exact) mass is 1840 g/mol. The van der Waals surface area contributed by atoms with Gasteiger partial charge in [0.15, 0.2) is 11.7 Å². The van der Waals surface area contributed by atoms with Gasteiger partial charge in [-0.15, -0.1) is 73.4 Å². The number of nitrogens with zero attached hydrogens (tertiary/aromatic N) is 24. The van der Waals surface area contributed by atoms with Crippen molar-refractivity contribution in [2.75, 3.05) is 13.1 Å². The summed E-state index contributed by atoms with van der Waals surface area (Å²) < 4.78 is 30.8. The molecule has 0 unspecified atom stereocenters. The molecule has 662 valence electrons. The molecule has 29 nitrogen and oxygen atoms in total. The van der Waals surface area contributed by atoms with Crippen molar-refractivity contribution < 1.29 is 76.1 Å². The molecule has 4 aliphatic heterocycles. The minimum absolute atomic E-state index is 0. The summed E-state index contributed by atoms with van der Waals surface area (Å²) >= 11 is 8.22. The van der Waals surface area contributed by atoms with E-state index in [1.54, 1.807) is 86.6 Å². The Hall–Kier alpha value is -8.71. The molecule has 11 aromatic rings. The van der Waals surface area contributed by atoms with Crippen LogP contribution in [-0.4, -0.2) is 138 Å². The minimum Gasteiger partial charge on any atom is -0.598 e. The largest absolute Gasteiger partial charge is 1.00 e. The molecule has 0 bridgehead atoms. The summed E-state index contributed by atoms with van der Waals surface area (Å²) in [5.74, 6) is 7.90. The van der Waals surface area contributed by atoms with Crippen LogP contribution in [0.2, 0.25) is 0 Å². The summed E-state index contributed by atoms with van der Waals surface area (Å²) in [6, 6.07) is 8.24. The fourth-order valence-corrected chi connectivity index (χ4v) is 12.3. The van der Waals surface area contributed by atoms with Gasteiger partial charge in [-0.3, -0.25) is 19.7 Å². The first-order valence-electron chi connectivity index (χ1n) is 38.5. The SMILES string of the molecule is CC1=CC(C)=NC1.CC1=CC=C(C)C1.CC1=CN=C(C)C1.CC1=NC(C)=NC1.CC1=NN=C(C)C1.Cc1cc(C)on1.Cc1cc(C)sn1.Cc1ccc(C)s1.Cc1cn(C)c(C)n1.Cc1cn(C)nn1.Cc1cnc(C)o1.Cc1nc(C)c(C)s1.Cc1nnc(C)o1.Cc1nnc(C)s1.Cc1noc(C)n1.Cc1nsc(C)n1.N.[CH-]=C(C)N=[C-]C.[Rb+]. The van der Waals surface area contributed by atoms with E-state index in [1.807, 2.05) is 193 Å². The number of hydrogen-bond acceptors (Lipinski definition) is 32. The van der Waals surface area contributed by atoms with Crippen molar-refractivity contribution in [3.05, 3.63) is 222 Å². The molecule has 5 aliphatic rings. The van der Waals surface area contributed by atoms with Gasteiger partial charge in [0, 0.05) is 127 Å². The number of oxazole rings is 1. The van der Waals surface area contributed by atoms with E-state index in [-0.39, 0.29) is 64.3 Å². The van der Waals surface area contributed by atoms with E-state index >= 15 is 0 Å². The quantitative estimate of drug-likeness (QED) is 0.118. The summed E-state index contributed by atoms with van der Waals surface area (Å²) in [6.45, 7) is 73.4. The molecule has 122 heavy (non-hydrogen) atoms. The molecule has 15 heterocycles. The Kier molecular flexibility index (Phi) is 64.3. The second-order valence-corrected chi connectivity index (χ2v) is 34.1. The van der Waals surface area contributed by atoms with Crippen molar-refractivity contribution in [1.82, 2.24) is 90.1 Å². The average molecular weight is 1840 g/mol. The molecule has 1 aliphatic carbocycles. The van der Waals surface area contributed by atoms with Crippen molar-refractivity contribution in [1.29, 1.82) is 0 Å². The third kappa shape index (κ3) is 65.0. The molecule has 11 aromatic heterocycles. The number of thiophene rings is 1. The van der Waals surface area contributed by atoms with Crippen LogP contribution in [0.4, 0.5) is 0 Å². The fourth-order valence-electron chi connectivity index (χ4n) is 9.05. The number of aryl methyl sites for hydroxylation is 24. The van der Waals surface area contributed by atoms with Gasteiger partial charge in [0.25, 0.3) is 0 Å². The molecular weight excluding hydrogens is 1700 g/mol. The average Bonchev–Trinajstić information content (AvgIpc) is 1.77. The third-order valence-corrected chi connectivity index (χ3v) is 18.2. The fraction of sp³-hybridized carbons (Fsp3) is 0.471. The molecule has 0 atom stereocenters. The number of amidine groups is 1. The van der Waals surface area contributed by atoms with E-state index in [4.69, 9.17) is 19.9 Å². The number of thiazole rings is 1. The summed E-state index contributed by atoms with van der Waals surface area (Å²) in [5, 5.41) is 41.3. The second kappa shape index (κ2) is 66.8. The van der Waals surface area contributed by atoms with Crippen molar-refractivity contribution >= 4 is 97.7 Å². The molecule has 0 aromatic carbocycles. The second-order valence-electron chi connectivity index (χ2n) is 27.9. The maximum absolute atomic E-state index is 5.09. The van der Waals surface area contributed by atoms with E-state index in [0.29, 0.717) is 29.2 Å². The predicted molar refractivity (Wildman–Crippen MR) is 507 cm³/mol. The molecule has 0 saturated carbocycles. The number of rotatable bonds is 1. The Morgan fingerprint density at radius 3 is 1.22 bits per heavy atom. The van der Waals surface area contributed by atoms with Gasteiger partial charge in [0.1, 0.15) is 44.0 Å². The molecule has 0 amide bonds. The third-order valence-electron chi connectivity index (χ3n) is 14.1. The standard InChI is InChI=1S/C7H10.C6H10N2.C6H9NS.2C6H9N.C6H8S.2C5H8N2.2C5H7NO.C5H7NS.C5H7N.C4H7N3.2C4H6N2O.2C4H6N2S.H3N.Rb/c1-6-3-4-7(2)5-6;1-5-4-8(3)6(2)7-5;1-4-5(2)8-6(3)7-4;2*1-5-3-6(2)7-4-5;1-5-3-4-6(2)7-5;1-4-3-6-5(2)7-4;1-4-3-5(2)7-6-4;1-4-3-6-5(2)7-4;2*1-4-3-5(2)7-6-4;1-4-6-5(2)3;1-4-3-7(2)6-5-4;1-3-5-6-4(2)7-3;1-3-5-4(2)7-6-3;1-3-5-6-4(2)7-3;1-3-5-4(2)7-6-3;;/h3-4H,5H2,1-2H3;4H,1-3H3;1-3H3;4H,3H2,1-2H3;3H,4H2,1-2H3;3-4H,1-2H3;2*3H2,1-2H3;3*3H,1-2H3;2H,1,3H3;3H,1-2H3;4*1-2H3;1H3;/q;;;;;;;;;;;-2;;;;;;;+1. The zero-order valence-electron chi connectivity index (χ0n) is 79.6. The maximum Gasteiger partial charge on any atom is 1.00 e. The van der Waals surface area contributed by atoms with E-state index in [9.17, 15) is 0 Å². The van der Waals surface area contributed by atoms with Gasteiger partial charge in [-0.2, -0.15) is 30.1 Å².